The molecule has 0 heteroatoms. The predicted octanol–water partition coefficient (Wildman–Crippen LogP) is 17.1. The van der Waals surface area contributed by atoms with E-state index in [9.17, 15) is 0 Å². The van der Waals surface area contributed by atoms with E-state index in [0.29, 0.717) is 29.6 Å². The van der Waals surface area contributed by atoms with E-state index >= 15 is 0 Å². The van der Waals surface area contributed by atoms with Crippen LogP contribution in [0.25, 0.3) is 0 Å². The summed E-state index contributed by atoms with van der Waals surface area (Å²) in [7, 11) is 0. The van der Waals surface area contributed by atoms with Crippen molar-refractivity contribution in [3.63, 3.8) is 0 Å². The van der Waals surface area contributed by atoms with Crippen LogP contribution in [0.1, 0.15) is 182 Å². The smallest absolute Gasteiger partial charge is 0.0214 e. The highest BCUT2D eigenvalue weighted by Gasteiger charge is 2.06. The molecule has 55 heavy (non-hydrogen) atoms. The van der Waals surface area contributed by atoms with Crippen molar-refractivity contribution in [3.8, 4) is 0 Å². The van der Waals surface area contributed by atoms with E-state index in [4.69, 9.17) is 0 Å². The Balaban J connectivity index is 0.000000344. The molecule has 0 aliphatic rings. The molecule has 0 N–H and O–H groups in total. The lowest BCUT2D eigenvalue weighted by atomic mass is 9.94. The molecule has 0 aliphatic heterocycles. The van der Waals surface area contributed by atoms with Gasteiger partial charge in [0.2, 0.25) is 0 Å². The zero-order chi connectivity index (χ0) is 42.2. The fraction of sp³-hybridized carbons (Fsp3) is 0.455. The molecule has 300 valence electrons. The maximum Gasteiger partial charge on any atom is -0.0214 e. The van der Waals surface area contributed by atoms with E-state index in [1.165, 1.54) is 83.5 Å². The van der Waals surface area contributed by atoms with Crippen LogP contribution in [-0.4, -0.2) is 0 Å². The van der Waals surface area contributed by atoms with Gasteiger partial charge >= 0.3 is 0 Å². The van der Waals surface area contributed by atoms with E-state index in [1.807, 2.05) is 0 Å². The molecule has 0 nitrogen and oxygen atoms in total. The van der Waals surface area contributed by atoms with Gasteiger partial charge in [-0.2, -0.15) is 0 Å². The first-order valence-corrected chi connectivity index (χ1v) is 20.9. The molecule has 5 aromatic rings. The molecule has 0 amide bonds. The average molecular weight is 741 g/mol. The Kier molecular flexibility index (Phi) is 21.3. The molecule has 0 fully saturated rings. The highest BCUT2D eigenvalue weighted by molar-refractivity contribution is 5.37. The summed E-state index contributed by atoms with van der Waals surface area (Å²) in [5, 5.41) is 0. The van der Waals surface area contributed by atoms with Gasteiger partial charge in [0.1, 0.15) is 0 Å². The molecule has 0 spiro atoms. The summed E-state index contributed by atoms with van der Waals surface area (Å²) in [4.78, 5) is 0. The largest absolute Gasteiger partial charge is 0.0617 e. The molecule has 0 bridgehead atoms. The molecule has 0 atom stereocenters. The lowest BCUT2D eigenvalue weighted by molar-refractivity contribution is 0.846. The van der Waals surface area contributed by atoms with Gasteiger partial charge < -0.3 is 0 Å². The third-order valence-electron chi connectivity index (χ3n) is 10.7. The fourth-order valence-electron chi connectivity index (χ4n) is 7.12. The van der Waals surface area contributed by atoms with Crippen LogP contribution in [0.3, 0.4) is 0 Å². The van der Waals surface area contributed by atoms with Gasteiger partial charge in [-0.1, -0.05) is 171 Å². The Bertz CT molecular complexity index is 1850. The van der Waals surface area contributed by atoms with Crippen molar-refractivity contribution >= 4 is 0 Å². The van der Waals surface area contributed by atoms with E-state index in [0.717, 1.165) is 0 Å². The Morgan fingerprint density at radius 1 is 0.291 bits per heavy atom. The van der Waals surface area contributed by atoms with Gasteiger partial charge in [-0.05, 0) is 171 Å². The summed E-state index contributed by atoms with van der Waals surface area (Å²) < 4.78 is 0. The SMILES string of the molecule is Cc1ccc(C(C)C)c(C)c1.Cc1ccc(C(C)C)cc1C.Cc1ccc(C)c(C(C)C)c1.Cc1cccc(C(C)C)c1C.Cc1cccc(C)c1C(C)C. The number of aryl methyl sites for hydroxylation is 9. The Hall–Kier alpha value is -3.90. The highest BCUT2D eigenvalue weighted by Crippen LogP contribution is 2.24. The second kappa shape index (κ2) is 23.9. The highest BCUT2D eigenvalue weighted by atomic mass is 14.1. The van der Waals surface area contributed by atoms with Gasteiger partial charge in [-0.3, -0.25) is 0 Å². The van der Waals surface area contributed by atoms with Crippen LogP contribution >= 0.6 is 0 Å². The van der Waals surface area contributed by atoms with E-state index < -0.39 is 0 Å². The minimum Gasteiger partial charge on any atom is -0.0617 e. The maximum atomic E-state index is 2.28. The summed E-state index contributed by atoms with van der Waals surface area (Å²) in [5.41, 5.74) is 21.4. The molecular formula is C55H80. The lowest BCUT2D eigenvalue weighted by Gasteiger charge is -2.12. The number of hydrogen-bond acceptors (Lipinski definition) is 0. The molecule has 0 aromatic heterocycles. The van der Waals surface area contributed by atoms with Crippen LogP contribution in [0, 0.1) is 69.2 Å². The topological polar surface area (TPSA) is 0 Å². The number of hydrogen-bond donors (Lipinski definition) is 0. The average Bonchev–Trinajstić information content (AvgIpc) is 3.09. The van der Waals surface area contributed by atoms with Gasteiger partial charge in [0, 0.05) is 0 Å². The first kappa shape index (κ1) is 49.1. The summed E-state index contributed by atoms with van der Waals surface area (Å²) in [6.07, 6.45) is 0. The quantitative estimate of drug-likeness (QED) is 0.168. The maximum absolute atomic E-state index is 2.28. The molecule has 0 unspecified atom stereocenters. The molecule has 0 aliphatic carbocycles. The first-order valence-electron chi connectivity index (χ1n) is 20.9. The normalized spacial score (nSPS) is 10.6. The summed E-state index contributed by atoms with van der Waals surface area (Å²) in [6.45, 7) is 44.1. The monoisotopic (exact) mass is 741 g/mol. The molecule has 0 heterocycles. The van der Waals surface area contributed by atoms with Crippen LogP contribution in [0.2, 0.25) is 0 Å². The van der Waals surface area contributed by atoms with E-state index in [-0.39, 0.29) is 0 Å². The number of benzene rings is 5. The van der Waals surface area contributed by atoms with Gasteiger partial charge in [0.05, 0.1) is 0 Å². The van der Waals surface area contributed by atoms with Gasteiger partial charge in [0.15, 0.2) is 0 Å². The lowest BCUT2D eigenvalue weighted by Crippen LogP contribution is -1.94. The van der Waals surface area contributed by atoms with E-state index in [1.54, 1.807) is 0 Å². The molecular weight excluding hydrogens is 661 g/mol. The van der Waals surface area contributed by atoms with E-state index in [2.05, 4.69) is 229 Å². The van der Waals surface area contributed by atoms with Crippen molar-refractivity contribution in [1.82, 2.24) is 0 Å². The van der Waals surface area contributed by atoms with Crippen molar-refractivity contribution in [2.75, 3.05) is 0 Å². The second-order valence-electron chi connectivity index (χ2n) is 17.4. The zero-order valence-electron chi connectivity index (χ0n) is 39.0. The third-order valence-corrected chi connectivity index (χ3v) is 10.7. The molecule has 0 saturated carbocycles. The van der Waals surface area contributed by atoms with Crippen LogP contribution in [0.4, 0.5) is 0 Å². The van der Waals surface area contributed by atoms with Crippen molar-refractivity contribution in [2.45, 2.75) is 168 Å². The molecule has 5 rings (SSSR count). The van der Waals surface area contributed by atoms with Gasteiger partial charge in [-0.25, -0.2) is 0 Å². The Morgan fingerprint density at radius 3 is 1.18 bits per heavy atom. The Labute approximate surface area is 341 Å². The predicted molar refractivity (Wildman–Crippen MR) is 250 cm³/mol. The summed E-state index contributed by atoms with van der Waals surface area (Å²) >= 11 is 0. The summed E-state index contributed by atoms with van der Waals surface area (Å²) in [6, 6.07) is 33.0. The van der Waals surface area contributed by atoms with Crippen molar-refractivity contribution in [2.24, 2.45) is 0 Å². The second-order valence-corrected chi connectivity index (χ2v) is 17.4. The van der Waals surface area contributed by atoms with Crippen LogP contribution in [0.15, 0.2) is 91.0 Å². The zero-order valence-corrected chi connectivity index (χ0v) is 39.0. The van der Waals surface area contributed by atoms with Crippen molar-refractivity contribution in [3.05, 3.63) is 174 Å². The van der Waals surface area contributed by atoms with Crippen molar-refractivity contribution in [1.29, 1.82) is 0 Å². The first-order chi connectivity index (χ1) is 25.6. The summed E-state index contributed by atoms with van der Waals surface area (Å²) in [5.74, 6) is 3.24. The fourth-order valence-corrected chi connectivity index (χ4v) is 7.12. The third kappa shape index (κ3) is 16.8. The van der Waals surface area contributed by atoms with Crippen LogP contribution in [0.5, 0.6) is 0 Å². The standard InChI is InChI=1S/5C11H16/c1-8(2)11-6-5-9(3)10(4)7-11;1-8(2)11-6-5-9(3)7-10(11)4;1-8(2)11-7-9(3)5-6-10(11)4;1-8(2)11-7-5-6-9(3)10(11)4;1-8(2)11-9(3)6-5-7-10(11)4/h5*5-8H,1-4H3. The molecule has 0 saturated heterocycles. The van der Waals surface area contributed by atoms with Crippen LogP contribution in [-0.2, 0) is 0 Å². The molecule has 5 aromatic carbocycles. The van der Waals surface area contributed by atoms with Gasteiger partial charge in [0.25, 0.3) is 0 Å². The Morgan fingerprint density at radius 2 is 0.764 bits per heavy atom. The van der Waals surface area contributed by atoms with Crippen molar-refractivity contribution < 1.29 is 0 Å². The van der Waals surface area contributed by atoms with Crippen LogP contribution < -0.4 is 0 Å². The van der Waals surface area contributed by atoms with Gasteiger partial charge in [-0.15, -0.1) is 0 Å². The minimum atomic E-state index is 0.647. The minimum absolute atomic E-state index is 0.647. The number of rotatable bonds is 5. The molecule has 0 radical (unpaired) electrons.